The Hall–Kier alpha value is -1.88. The van der Waals surface area contributed by atoms with E-state index in [0.29, 0.717) is 6.42 Å². The Balaban J connectivity index is 2.21. The highest BCUT2D eigenvalue weighted by molar-refractivity contribution is 5.32. The van der Waals surface area contributed by atoms with Crippen molar-refractivity contribution in [3.05, 3.63) is 47.0 Å². The molecule has 20 heavy (non-hydrogen) atoms. The molecule has 1 heterocycles. The predicted octanol–water partition coefficient (Wildman–Crippen LogP) is 2.60. The van der Waals surface area contributed by atoms with E-state index >= 15 is 0 Å². The number of hydrogen-bond acceptors (Lipinski definition) is 3. The van der Waals surface area contributed by atoms with Gasteiger partial charge >= 0.3 is 0 Å². The summed E-state index contributed by atoms with van der Waals surface area (Å²) in [4.78, 5) is 0. The molecule has 0 saturated carbocycles. The maximum absolute atomic E-state index is 13.4. The van der Waals surface area contributed by atoms with Crippen LogP contribution in [0.2, 0.25) is 0 Å². The Bertz CT molecular complexity index is 595. The van der Waals surface area contributed by atoms with Crippen molar-refractivity contribution >= 4 is 0 Å². The van der Waals surface area contributed by atoms with Gasteiger partial charge in [0.2, 0.25) is 0 Å². The zero-order chi connectivity index (χ0) is 14.7. The fourth-order valence-corrected chi connectivity index (χ4v) is 2.29. The van der Waals surface area contributed by atoms with E-state index < -0.39 is 0 Å². The first-order valence-electron chi connectivity index (χ1n) is 6.67. The molecule has 108 valence electrons. The number of aromatic nitrogens is 2. The average molecular weight is 277 g/mol. The molecule has 0 aliphatic heterocycles. The van der Waals surface area contributed by atoms with Gasteiger partial charge in [0.15, 0.2) is 11.6 Å². The summed E-state index contributed by atoms with van der Waals surface area (Å²) in [5.74, 6) is -0.156. The highest BCUT2D eigenvalue weighted by atomic mass is 19.1. The highest BCUT2D eigenvalue weighted by Gasteiger charge is 2.13. The van der Waals surface area contributed by atoms with Crippen LogP contribution in [0.3, 0.4) is 0 Å². The van der Waals surface area contributed by atoms with Gasteiger partial charge in [-0.1, -0.05) is 6.07 Å². The standard InChI is InChI=1S/C15H20FN3O/c1-4-19-12(7-10(2)18-19)9-14(17)11-5-6-13(16)15(8-11)20-3/h5-8,14H,4,9,17H2,1-3H3. The smallest absolute Gasteiger partial charge is 0.165 e. The second-order valence-corrected chi connectivity index (χ2v) is 4.80. The molecular formula is C15H20FN3O. The van der Waals surface area contributed by atoms with Crippen LogP contribution in [0.1, 0.15) is 29.9 Å². The van der Waals surface area contributed by atoms with E-state index in [9.17, 15) is 4.39 Å². The fraction of sp³-hybridized carbons (Fsp3) is 0.400. The number of hydrogen-bond donors (Lipinski definition) is 1. The Morgan fingerprint density at radius 3 is 2.80 bits per heavy atom. The van der Waals surface area contributed by atoms with Gasteiger partial charge in [-0.05, 0) is 37.6 Å². The molecule has 1 atom stereocenters. The van der Waals surface area contributed by atoms with E-state index in [1.54, 1.807) is 12.1 Å². The summed E-state index contributed by atoms with van der Waals surface area (Å²) < 4.78 is 20.3. The number of nitrogens with zero attached hydrogens (tertiary/aromatic N) is 2. The third-order valence-electron chi connectivity index (χ3n) is 3.32. The van der Waals surface area contributed by atoms with Crippen LogP contribution in [0.4, 0.5) is 4.39 Å². The molecule has 0 fully saturated rings. The van der Waals surface area contributed by atoms with E-state index in [0.717, 1.165) is 23.5 Å². The lowest BCUT2D eigenvalue weighted by Crippen LogP contribution is -2.16. The molecule has 0 spiro atoms. The van der Waals surface area contributed by atoms with Crippen LogP contribution in [0.25, 0.3) is 0 Å². The van der Waals surface area contributed by atoms with Crippen LogP contribution >= 0.6 is 0 Å². The van der Waals surface area contributed by atoms with Crippen molar-refractivity contribution in [1.29, 1.82) is 0 Å². The van der Waals surface area contributed by atoms with Gasteiger partial charge in [-0.25, -0.2) is 4.39 Å². The van der Waals surface area contributed by atoms with Gasteiger partial charge in [0.05, 0.1) is 12.8 Å². The number of nitrogens with two attached hydrogens (primary N) is 1. The van der Waals surface area contributed by atoms with Crippen LogP contribution < -0.4 is 10.5 Å². The predicted molar refractivity (Wildman–Crippen MR) is 76.2 cm³/mol. The molecule has 0 amide bonds. The van der Waals surface area contributed by atoms with E-state index in [4.69, 9.17) is 10.5 Å². The zero-order valence-corrected chi connectivity index (χ0v) is 12.1. The summed E-state index contributed by atoms with van der Waals surface area (Å²) in [7, 11) is 1.45. The minimum atomic E-state index is -0.377. The first-order chi connectivity index (χ1) is 9.55. The van der Waals surface area contributed by atoms with E-state index in [1.165, 1.54) is 13.2 Å². The maximum Gasteiger partial charge on any atom is 0.165 e. The molecule has 0 radical (unpaired) electrons. The minimum Gasteiger partial charge on any atom is -0.494 e. The van der Waals surface area contributed by atoms with E-state index in [2.05, 4.69) is 5.10 Å². The maximum atomic E-state index is 13.4. The summed E-state index contributed by atoms with van der Waals surface area (Å²) in [6.45, 7) is 4.81. The molecule has 2 N–H and O–H groups in total. The number of aryl methyl sites for hydroxylation is 2. The van der Waals surface area contributed by atoms with Gasteiger partial charge in [-0.15, -0.1) is 0 Å². The summed E-state index contributed by atoms with van der Waals surface area (Å²) in [6.07, 6.45) is 0.656. The van der Waals surface area contributed by atoms with Gasteiger partial charge in [0.25, 0.3) is 0 Å². The molecule has 0 saturated heterocycles. The number of ether oxygens (including phenoxy) is 1. The van der Waals surface area contributed by atoms with Crippen molar-refractivity contribution in [3.8, 4) is 5.75 Å². The molecule has 0 bridgehead atoms. The Labute approximate surface area is 118 Å². The fourth-order valence-electron chi connectivity index (χ4n) is 2.29. The quantitative estimate of drug-likeness (QED) is 0.914. The highest BCUT2D eigenvalue weighted by Crippen LogP contribution is 2.23. The molecule has 0 aliphatic rings. The lowest BCUT2D eigenvalue weighted by molar-refractivity contribution is 0.385. The third-order valence-corrected chi connectivity index (χ3v) is 3.32. The topological polar surface area (TPSA) is 53.1 Å². The summed E-state index contributed by atoms with van der Waals surface area (Å²) in [5.41, 5.74) is 9.13. The van der Waals surface area contributed by atoms with Crippen LogP contribution in [0.15, 0.2) is 24.3 Å². The molecule has 1 unspecified atom stereocenters. The van der Waals surface area contributed by atoms with Crippen molar-refractivity contribution in [1.82, 2.24) is 9.78 Å². The first-order valence-corrected chi connectivity index (χ1v) is 6.67. The molecule has 2 aromatic rings. The molecule has 5 heteroatoms. The molecular weight excluding hydrogens is 257 g/mol. The number of rotatable bonds is 5. The minimum absolute atomic E-state index is 0.217. The summed E-state index contributed by atoms with van der Waals surface area (Å²) in [6, 6.07) is 6.55. The van der Waals surface area contributed by atoms with Crippen LogP contribution in [0.5, 0.6) is 5.75 Å². The molecule has 4 nitrogen and oxygen atoms in total. The molecule has 1 aromatic heterocycles. The molecule has 2 rings (SSSR count). The van der Waals surface area contributed by atoms with E-state index in [-0.39, 0.29) is 17.6 Å². The second kappa shape index (κ2) is 6.05. The van der Waals surface area contributed by atoms with Crippen LogP contribution in [0, 0.1) is 12.7 Å². The Morgan fingerprint density at radius 2 is 2.15 bits per heavy atom. The lowest BCUT2D eigenvalue weighted by Gasteiger charge is -2.14. The lowest BCUT2D eigenvalue weighted by atomic mass is 10.0. The van der Waals surface area contributed by atoms with Crippen molar-refractivity contribution in [2.45, 2.75) is 32.9 Å². The van der Waals surface area contributed by atoms with Crippen molar-refractivity contribution in [3.63, 3.8) is 0 Å². The normalized spacial score (nSPS) is 12.4. The van der Waals surface area contributed by atoms with Gasteiger partial charge in [0.1, 0.15) is 0 Å². The third kappa shape index (κ3) is 2.99. The number of methoxy groups -OCH3 is 1. The van der Waals surface area contributed by atoms with Crippen molar-refractivity contribution < 1.29 is 9.13 Å². The number of halogens is 1. The SMILES string of the molecule is CCn1nc(C)cc1CC(N)c1ccc(F)c(OC)c1. The molecule has 1 aromatic carbocycles. The van der Waals surface area contributed by atoms with Gasteiger partial charge in [-0.3, -0.25) is 4.68 Å². The van der Waals surface area contributed by atoms with E-state index in [1.807, 2.05) is 24.6 Å². The largest absolute Gasteiger partial charge is 0.494 e. The van der Waals surface area contributed by atoms with Crippen molar-refractivity contribution in [2.75, 3.05) is 7.11 Å². The van der Waals surface area contributed by atoms with Crippen LogP contribution in [-0.4, -0.2) is 16.9 Å². The zero-order valence-electron chi connectivity index (χ0n) is 12.1. The summed E-state index contributed by atoms with van der Waals surface area (Å²) in [5, 5.41) is 4.40. The van der Waals surface area contributed by atoms with Crippen LogP contribution in [-0.2, 0) is 13.0 Å². The second-order valence-electron chi connectivity index (χ2n) is 4.80. The van der Waals surface area contributed by atoms with Gasteiger partial charge in [0, 0.05) is 24.7 Å². The monoisotopic (exact) mass is 277 g/mol. The van der Waals surface area contributed by atoms with Gasteiger partial charge < -0.3 is 10.5 Å². The van der Waals surface area contributed by atoms with Gasteiger partial charge in [-0.2, -0.15) is 5.10 Å². The van der Waals surface area contributed by atoms with Crippen molar-refractivity contribution in [2.24, 2.45) is 5.73 Å². The summed E-state index contributed by atoms with van der Waals surface area (Å²) >= 11 is 0. The Morgan fingerprint density at radius 1 is 1.40 bits per heavy atom. The first kappa shape index (κ1) is 14.5. The Kier molecular flexibility index (Phi) is 4.39. The molecule has 0 aliphatic carbocycles. The average Bonchev–Trinajstić information content (AvgIpc) is 2.79. The number of benzene rings is 1.